The Morgan fingerprint density at radius 3 is 2.50 bits per heavy atom. The van der Waals surface area contributed by atoms with Crippen molar-refractivity contribution in [1.82, 2.24) is 9.80 Å². The van der Waals surface area contributed by atoms with E-state index < -0.39 is 0 Å². The van der Waals surface area contributed by atoms with Gasteiger partial charge in [-0.25, -0.2) is 0 Å². The summed E-state index contributed by atoms with van der Waals surface area (Å²) in [7, 11) is 0. The van der Waals surface area contributed by atoms with E-state index in [-0.39, 0.29) is 30.6 Å². The van der Waals surface area contributed by atoms with Crippen molar-refractivity contribution >= 4 is 11.8 Å². The van der Waals surface area contributed by atoms with Crippen molar-refractivity contribution in [2.45, 2.75) is 32.0 Å². The van der Waals surface area contributed by atoms with Crippen molar-refractivity contribution in [1.29, 1.82) is 0 Å². The lowest BCUT2D eigenvalue weighted by Crippen LogP contribution is -2.50. The summed E-state index contributed by atoms with van der Waals surface area (Å²) in [5, 5.41) is 9.12. The number of aliphatic hydroxyl groups excluding tert-OH is 1. The van der Waals surface area contributed by atoms with E-state index in [0.29, 0.717) is 32.5 Å². The van der Waals surface area contributed by atoms with E-state index in [2.05, 4.69) is 4.90 Å². The predicted molar refractivity (Wildman–Crippen MR) is 63.8 cm³/mol. The van der Waals surface area contributed by atoms with Crippen LogP contribution in [0.3, 0.4) is 0 Å². The van der Waals surface area contributed by atoms with Gasteiger partial charge in [0.25, 0.3) is 0 Å². The van der Waals surface area contributed by atoms with E-state index in [1.54, 1.807) is 0 Å². The average molecular weight is 256 g/mol. The van der Waals surface area contributed by atoms with Crippen molar-refractivity contribution in [3.8, 4) is 0 Å². The first-order chi connectivity index (χ1) is 8.60. The number of carbonyl (C=O) groups excluding carboxylic acids is 2. The maximum absolute atomic E-state index is 11.5. The maximum atomic E-state index is 11.5. The number of hydrogen-bond acceptors (Lipinski definition) is 5. The molecule has 2 heterocycles. The van der Waals surface area contributed by atoms with E-state index in [0.717, 1.165) is 6.54 Å². The van der Waals surface area contributed by atoms with Crippen LogP contribution in [-0.4, -0.2) is 71.7 Å². The highest BCUT2D eigenvalue weighted by Gasteiger charge is 2.30. The lowest BCUT2D eigenvalue weighted by molar-refractivity contribution is -0.139. The summed E-state index contributed by atoms with van der Waals surface area (Å²) >= 11 is 0. The zero-order chi connectivity index (χ0) is 13.1. The van der Waals surface area contributed by atoms with Gasteiger partial charge >= 0.3 is 0 Å². The number of aliphatic hydroxyl groups is 1. The SMILES string of the molecule is CC1CN(CCN2C(=O)CCC2=O)CC(CO)O1. The molecule has 2 unspecified atom stereocenters. The summed E-state index contributed by atoms with van der Waals surface area (Å²) in [5.41, 5.74) is 0. The Morgan fingerprint density at radius 2 is 1.89 bits per heavy atom. The smallest absolute Gasteiger partial charge is 0.229 e. The van der Waals surface area contributed by atoms with E-state index in [4.69, 9.17) is 9.84 Å². The van der Waals surface area contributed by atoms with Crippen LogP contribution >= 0.6 is 0 Å². The van der Waals surface area contributed by atoms with Crippen molar-refractivity contribution in [3.05, 3.63) is 0 Å². The van der Waals surface area contributed by atoms with Crippen LogP contribution in [0.2, 0.25) is 0 Å². The summed E-state index contributed by atoms with van der Waals surface area (Å²) in [6.07, 6.45) is 0.592. The van der Waals surface area contributed by atoms with Gasteiger partial charge in [-0.1, -0.05) is 0 Å². The summed E-state index contributed by atoms with van der Waals surface area (Å²) < 4.78 is 5.54. The lowest BCUT2D eigenvalue weighted by Gasteiger charge is -2.36. The monoisotopic (exact) mass is 256 g/mol. The highest BCUT2D eigenvalue weighted by molar-refractivity contribution is 6.01. The zero-order valence-corrected chi connectivity index (χ0v) is 10.7. The number of morpholine rings is 1. The zero-order valence-electron chi connectivity index (χ0n) is 10.7. The third-order valence-electron chi connectivity index (χ3n) is 3.40. The third kappa shape index (κ3) is 3.07. The van der Waals surface area contributed by atoms with Gasteiger partial charge in [0.05, 0.1) is 18.8 Å². The molecule has 0 spiro atoms. The molecule has 6 nitrogen and oxygen atoms in total. The fourth-order valence-electron chi connectivity index (χ4n) is 2.54. The molecule has 0 aromatic rings. The molecule has 2 fully saturated rings. The van der Waals surface area contributed by atoms with Gasteiger partial charge < -0.3 is 9.84 Å². The first-order valence-electron chi connectivity index (χ1n) is 6.42. The minimum Gasteiger partial charge on any atom is -0.394 e. The topological polar surface area (TPSA) is 70.1 Å². The van der Waals surface area contributed by atoms with Crippen LogP contribution < -0.4 is 0 Å². The van der Waals surface area contributed by atoms with Crippen molar-refractivity contribution in [3.63, 3.8) is 0 Å². The van der Waals surface area contributed by atoms with E-state index >= 15 is 0 Å². The Hall–Kier alpha value is -0.980. The Morgan fingerprint density at radius 1 is 1.22 bits per heavy atom. The molecule has 2 saturated heterocycles. The number of amides is 2. The molecule has 0 saturated carbocycles. The second-order valence-corrected chi connectivity index (χ2v) is 4.95. The number of likely N-dealkylation sites (tertiary alicyclic amines) is 1. The van der Waals surface area contributed by atoms with Crippen LogP contribution in [0.5, 0.6) is 0 Å². The summed E-state index contributed by atoms with van der Waals surface area (Å²) in [6.45, 7) is 4.48. The number of nitrogens with zero attached hydrogens (tertiary/aromatic N) is 2. The molecule has 2 aliphatic heterocycles. The highest BCUT2D eigenvalue weighted by Crippen LogP contribution is 2.14. The molecule has 0 aromatic heterocycles. The maximum Gasteiger partial charge on any atom is 0.229 e. The van der Waals surface area contributed by atoms with Gasteiger partial charge in [0.2, 0.25) is 11.8 Å². The molecule has 0 radical (unpaired) electrons. The predicted octanol–water partition coefficient (Wildman–Crippen LogP) is -0.783. The Labute approximate surface area is 106 Å². The van der Waals surface area contributed by atoms with Crippen LogP contribution in [-0.2, 0) is 14.3 Å². The van der Waals surface area contributed by atoms with Crippen molar-refractivity contribution < 1.29 is 19.4 Å². The molecule has 2 amide bonds. The Kier molecular flexibility index (Phi) is 4.31. The number of hydrogen-bond donors (Lipinski definition) is 1. The average Bonchev–Trinajstić information content (AvgIpc) is 2.66. The van der Waals surface area contributed by atoms with Gasteiger partial charge in [0, 0.05) is 39.0 Å². The molecule has 0 bridgehead atoms. The molecule has 2 atom stereocenters. The molecule has 2 rings (SSSR count). The minimum absolute atomic E-state index is 0.00240. The van der Waals surface area contributed by atoms with Gasteiger partial charge in [-0.05, 0) is 6.92 Å². The van der Waals surface area contributed by atoms with Crippen molar-refractivity contribution in [2.75, 3.05) is 32.8 Å². The molecule has 6 heteroatoms. The number of rotatable bonds is 4. The van der Waals surface area contributed by atoms with E-state index in [1.807, 2.05) is 6.92 Å². The molecule has 2 aliphatic rings. The Balaban J connectivity index is 1.82. The Bertz CT molecular complexity index is 318. The largest absolute Gasteiger partial charge is 0.394 e. The standard InChI is InChI=1S/C12H20N2O4/c1-9-6-13(7-10(8-15)18-9)4-5-14-11(16)2-3-12(14)17/h9-10,15H,2-8H2,1H3. The van der Waals surface area contributed by atoms with Gasteiger partial charge in [-0.2, -0.15) is 0 Å². The van der Waals surface area contributed by atoms with Gasteiger partial charge in [0.15, 0.2) is 0 Å². The lowest BCUT2D eigenvalue weighted by atomic mass is 10.2. The van der Waals surface area contributed by atoms with Crippen molar-refractivity contribution in [2.24, 2.45) is 0 Å². The quantitative estimate of drug-likeness (QED) is 0.668. The summed E-state index contributed by atoms with van der Waals surface area (Å²) in [6, 6.07) is 0. The molecule has 102 valence electrons. The first-order valence-corrected chi connectivity index (χ1v) is 6.42. The molecule has 18 heavy (non-hydrogen) atoms. The van der Waals surface area contributed by atoms with E-state index in [1.165, 1.54) is 4.90 Å². The molecular formula is C12H20N2O4. The van der Waals surface area contributed by atoms with Gasteiger partial charge in [0.1, 0.15) is 0 Å². The fourth-order valence-corrected chi connectivity index (χ4v) is 2.54. The first kappa shape index (κ1) is 13.5. The van der Waals surface area contributed by atoms with Crippen LogP contribution in [0.1, 0.15) is 19.8 Å². The van der Waals surface area contributed by atoms with Gasteiger partial charge in [-0.15, -0.1) is 0 Å². The van der Waals surface area contributed by atoms with E-state index in [9.17, 15) is 9.59 Å². The van der Waals surface area contributed by atoms with Crippen LogP contribution in [0.15, 0.2) is 0 Å². The van der Waals surface area contributed by atoms with Crippen LogP contribution in [0.4, 0.5) is 0 Å². The number of ether oxygens (including phenoxy) is 1. The number of imide groups is 1. The third-order valence-corrected chi connectivity index (χ3v) is 3.40. The summed E-state index contributed by atoms with van der Waals surface area (Å²) in [5.74, 6) is -0.139. The molecular weight excluding hydrogens is 236 g/mol. The molecule has 0 aliphatic carbocycles. The summed E-state index contributed by atoms with van der Waals surface area (Å²) in [4.78, 5) is 26.4. The second-order valence-electron chi connectivity index (χ2n) is 4.95. The second kappa shape index (κ2) is 5.77. The van der Waals surface area contributed by atoms with Crippen LogP contribution in [0.25, 0.3) is 0 Å². The normalized spacial score (nSPS) is 30.2. The fraction of sp³-hybridized carbons (Fsp3) is 0.833. The van der Waals surface area contributed by atoms with Crippen LogP contribution in [0, 0.1) is 0 Å². The van der Waals surface area contributed by atoms with Gasteiger partial charge in [-0.3, -0.25) is 19.4 Å². The highest BCUT2D eigenvalue weighted by atomic mass is 16.5. The minimum atomic E-state index is -0.168. The molecule has 1 N–H and O–H groups in total. The number of carbonyl (C=O) groups is 2. The molecule has 0 aromatic carbocycles.